The summed E-state index contributed by atoms with van der Waals surface area (Å²) < 4.78 is 0. The molecule has 1 aromatic rings. The van der Waals surface area contributed by atoms with Crippen molar-refractivity contribution in [2.75, 3.05) is 6.61 Å². The van der Waals surface area contributed by atoms with E-state index in [1.165, 1.54) is 29.7 Å². The molecule has 2 nitrogen and oxygen atoms in total. The molecule has 19 heavy (non-hydrogen) atoms. The van der Waals surface area contributed by atoms with E-state index < -0.39 is 0 Å². The summed E-state index contributed by atoms with van der Waals surface area (Å²) in [6.45, 7) is 2.43. The van der Waals surface area contributed by atoms with Crippen LogP contribution in [0, 0.1) is 6.92 Å². The first-order valence-electron chi connectivity index (χ1n) is 7.31. The molecule has 2 unspecified atom stereocenters. The number of aliphatic hydroxyl groups is 1. The van der Waals surface area contributed by atoms with E-state index in [4.69, 9.17) is 0 Å². The Balaban J connectivity index is 1.61. The number of aryl methyl sites for hydroxylation is 1. The molecule has 3 heteroatoms. The summed E-state index contributed by atoms with van der Waals surface area (Å²) in [5.74, 6) is 0. The summed E-state index contributed by atoms with van der Waals surface area (Å²) in [4.78, 5) is 1.37. The highest BCUT2D eigenvalue weighted by Gasteiger charge is 2.42. The molecule has 2 aliphatic carbocycles. The predicted molar refractivity (Wildman–Crippen MR) is 80.6 cm³/mol. The van der Waals surface area contributed by atoms with E-state index in [1.807, 2.05) is 11.8 Å². The molecule has 2 aliphatic rings. The maximum Gasteiger partial charge on any atom is 0.0613 e. The van der Waals surface area contributed by atoms with Crippen LogP contribution in [0.1, 0.15) is 37.7 Å². The molecular weight excluding hydrogens is 254 g/mol. The molecule has 2 saturated carbocycles. The number of hydrogen-bond donors (Lipinski definition) is 2. The Labute approximate surface area is 120 Å². The summed E-state index contributed by atoms with van der Waals surface area (Å²) in [6, 6.07) is 9.41. The van der Waals surface area contributed by atoms with Crippen LogP contribution in [0.5, 0.6) is 0 Å². The molecule has 0 heterocycles. The molecule has 0 aromatic heterocycles. The maximum absolute atomic E-state index is 9.75. The second-order valence-corrected chi connectivity index (χ2v) is 7.53. The van der Waals surface area contributed by atoms with Crippen LogP contribution in [0.25, 0.3) is 0 Å². The van der Waals surface area contributed by atoms with E-state index in [-0.39, 0.29) is 12.1 Å². The average Bonchev–Trinajstić information content (AvgIpc) is 3.11. The minimum atomic E-state index is 0.00264. The lowest BCUT2D eigenvalue weighted by Gasteiger charge is -2.28. The Hall–Kier alpha value is -0.510. The largest absolute Gasteiger partial charge is 0.394 e. The summed E-state index contributed by atoms with van der Waals surface area (Å²) in [6.07, 6.45) is 6.00. The van der Waals surface area contributed by atoms with Crippen LogP contribution >= 0.6 is 11.8 Å². The van der Waals surface area contributed by atoms with Crippen molar-refractivity contribution in [3.05, 3.63) is 29.8 Å². The van der Waals surface area contributed by atoms with Crippen molar-refractivity contribution in [3.63, 3.8) is 0 Å². The smallest absolute Gasteiger partial charge is 0.0613 e. The Morgan fingerprint density at radius 1 is 1.37 bits per heavy atom. The van der Waals surface area contributed by atoms with E-state index in [0.29, 0.717) is 11.3 Å². The lowest BCUT2D eigenvalue weighted by Crippen LogP contribution is -2.47. The van der Waals surface area contributed by atoms with Crippen molar-refractivity contribution >= 4 is 11.8 Å². The number of hydrogen-bond acceptors (Lipinski definition) is 3. The van der Waals surface area contributed by atoms with Crippen molar-refractivity contribution in [1.29, 1.82) is 0 Å². The topological polar surface area (TPSA) is 32.3 Å². The van der Waals surface area contributed by atoms with Crippen LogP contribution in [0.4, 0.5) is 0 Å². The molecule has 0 radical (unpaired) electrons. The van der Waals surface area contributed by atoms with E-state index in [1.54, 1.807) is 0 Å². The van der Waals surface area contributed by atoms with Gasteiger partial charge in [-0.1, -0.05) is 17.7 Å². The first-order chi connectivity index (χ1) is 9.19. The number of aliphatic hydroxyl groups excluding tert-OH is 1. The molecule has 2 N–H and O–H groups in total. The van der Waals surface area contributed by atoms with Crippen LogP contribution in [-0.4, -0.2) is 28.5 Å². The summed E-state index contributed by atoms with van der Waals surface area (Å²) in [5.41, 5.74) is 1.33. The van der Waals surface area contributed by atoms with Gasteiger partial charge >= 0.3 is 0 Å². The fourth-order valence-corrected chi connectivity index (χ4v) is 4.47. The number of rotatable bonds is 5. The van der Waals surface area contributed by atoms with Crippen molar-refractivity contribution in [2.24, 2.45) is 0 Å². The zero-order valence-electron chi connectivity index (χ0n) is 11.6. The highest BCUT2D eigenvalue weighted by Crippen LogP contribution is 2.41. The molecule has 0 amide bonds. The Bertz CT molecular complexity index is 446. The molecule has 3 rings (SSSR count). The van der Waals surface area contributed by atoms with Gasteiger partial charge in [0, 0.05) is 21.7 Å². The summed E-state index contributed by atoms with van der Waals surface area (Å²) in [5, 5.41) is 14.1. The highest BCUT2D eigenvalue weighted by molar-refractivity contribution is 8.00. The quantitative estimate of drug-likeness (QED) is 0.867. The van der Waals surface area contributed by atoms with Crippen LogP contribution in [0.3, 0.4) is 0 Å². The fourth-order valence-electron chi connectivity index (χ4n) is 3.04. The number of nitrogens with one attached hydrogen (secondary N) is 1. The Kier molecular flexibility index (Phi) is 3.88. The standard InChI is InChI=1S/C16H23NOS/c1-12-3-2-4-14(9-12)19-15-7-8-16(10-15,11-18)17-13-5-6-13/h2-4,9,13,15,17-18H,5-8,10-11H2,1H3. The minimum absolute atomic E-state index is 0.00264. The zero-order valence-corrected chi connectivity index (χ0v) is 12.4. The van der Waals surface area contributed by atoms with Crippen LogP contribution in [-0.2, 0) is 0 Å². The van der Waals surface area contributed by atoms with Crippen molar-refractivity contribution < 1.29 is 5.11 Å². The van der Waals surface area contributed by atoms with E-state index in [0.717, 1.165) is 12.8 Å². The second kappa shape index (κ2) is 5.47. The van der Waals surface area contributed by atoms with E-state index in [9.17, 15) is 5.11 Å². The van der Waals surface area contributed by atoms with Crippen molar-refractivity contribution in [1.82, 2.24) is 5.32 Å². The fraction of sp³-hybridized carbons (Fsp3) is 0.625. The molecule has 0 bridgehead atoms. The number of thioether (sulfide) groups is 1. The van der Waals surface area contributed by atoms with Gasteiger partial charge in [0.25, 0.3) is 0 Å². The monoisotopic (exact) mass is 277 g/mol. The molecule has 1 aromatic carbocycles. The van der Waals surface area contributed by atoms with E-state index in [2.05, 4.69) is 36.5 Å². The van der Waals surface area contributed by atoms with Gasteiger partial charge in [0.2, 0.25) is 0 Å². The van der Waals surface area contributed by atoms with E-state index >= 15 is 0 Å². The van der Waals surface area contributed by atoms with Crippen molar-refractivity contribution in [3.8, 4) is 0 Å². The van der Waals surface area contributed by atoms with Gasteiger partial charge in [0.1, 0.15) is 0 Å². The van der Waals surface area contributed by atoms with Gasteiger partial charge < -0.3 is 10.4 Å². The summed E-state index contributed by atoms with van der Waals surface area (Å²) >= 11 is 1.98. The SMILES string of the molecule is Cc1cccc(SC2CCC(CO)(NC3CC3)C2)c1. The zero-order chi connectivity index (χ0) is 13.3. The number of benzene rings is 1. The lowest BCUT2D eigenvalue weighted by atomic mass is 9.99. The van der Waals surface area contributed by atoms with Crippen LogP contribution in [0.2, 0.25) is 0 Å². The predicted octanol–water partition coefficient (Wildman–Crippen LogP) is 3.12. The van der Waals surface area contributed by atoms with Crippen LogP contribution in [0.15, 0.2) is 29.2 Å². The molecule has 0 spiro atoms. The minimum Gasteiger partial charge on any atom is -0.394 e. The van der Waals surface area contributed by atoms with Gasteiger partial charge in [-0.2, -0.15) is 0 Å². The molecule has 2 atom stereocenters. The third kappa shape index (κ3) is 3.33. The van der Waals surface area contributed by atoms with Gasteiger partial charge in [0.15, 0.2) is 0 Å². The van der Waals surface area contributed by atoms with Gasteiger partial charge in [-0.3, -0.25) is 0 Å². The molecular formula is C16H23NOS. The lowest BCUT2D eigenvalue weighted by molar-refractivity contribution is 0.163. The molecule has 0 aliphatic heterocycles. The third-order valence-corrected chi connectivity index (χ3v) is 5.51. The van der Waals surface area contributed by atoms with Gasteiger partial charge in [0.05, 0.1) is 6.61 Å². The average molecular weight is 277 g/mol. The second-order valence-electron chi connectivity index (χ2n) is 6.16. The van der Waals surface area contributed by atoms with Gasteiger partial charge in [-0.05, 0) is 51.2 Å². The van der Waals surface area contributed by atoms with Gasteiger partial charge in [-0.15, -0.1) is 11.8 Å². The molecule has 0 saturated heterocycles. The molecule has 2 fully saturated rings. The van der Waals surface area contributed by atoms with Crippen molar-refractivity contribution in [2.45, 2.75) is 60.8 Å². The highest BCUT2D eigenvalue weighted by atomic mass is 32.2. The van der Waals surface area contributed by atoms with Gasteiger partial charge in [-0.25, -0.2) is 0 Å². The van der Waals surface area contributed by atoms with Crippen LogP contribution < -0.4 is 5.32 Å². The first kappa shape index (κ1) is 13.5. The Morgan fingerprint density at radius 2 is 2.21 bits per heavy atom. The molecule has 104 valence electrons. The first-order valence-corrected chi connectivity index (χ1v) is 8.19. The summed E-state index contributed by atoms with van der Waals surface area (Å²) in [7, 11) is 0. The third-order valence-electron chi connectivity index (χ3n) is 4.25. The normalized spacial score (nSPS) is 30.7. The maximum atomic E-state index is 9.75. The Morgan fingerprint density at radius 3 is 2.89 bits per heavy atom.